The van der Waals surface area contributed by atoms with Crippen molar-refractivity contribution in [2.45, 2.75) is 26.2 Å². The highest BCUT2D eigenvalue weighted by Gasteiger charge is 1.98. The summed E-state index contributed by atoms with van der Waals surface area (Å²) in [6.07, 6.45) is 2.41. The van der Waals surface area contributed by atoms with Gasteiger partial charge in [-0.2, -0.15) is 5.26 Å². The summed E-state index contributed by atoms with van der Waals surface area (Å²) in [6.45, 7) is 2.52. The summed E-state index contributed by atoms with van der Waals surface area (Å²) in [5.41, 5.74) is 1.46. The Hall–Kier alpha value is -1.56. The maximum atomic E-state index is 13.1. The third-order valence-corrected chi connectivity index (χ3v) is 2.22. The Morgan fingerprint density at radius 1 is 1.40 bits per heavy atom. The average molecular weight is 206 g/mol. The van der Waals surface area contributed by atoms with E-state index < -0.39 is 0 Å². The molecule has 0 saturated heterocycles. The van der Waals surface area contributed by atoms with Gasteiger partial charge < -0.3 is 5.32 Å². The molecule has 0 heterocycles. The third-order valence-electron chi connectivity index (χ3n) is 2.22. The summed E-state index contributed by atoms with van der Waals surface area (Å²) in [7, 11) is 0. The van der Waals surface area contributed by atoms with E-state index in [-0.39, 0.29) is 5.82 Å². The Morgan fingerprint density at radius 2 is 2.20 bits per heavy atom. The summed E-state index contributed by atoms with van der Waals surface area (Å²) in [5.74, 6) is -0.183. The van der Waals surface area contributed by atoms with Gasteiger partial charge in [0.25, 0.3) is 0 Å². The van der Waals surface area contributed by atoms with Crippen molar-refractivity contribution in [1.82, 2.24) is 0 Å². The van der Waals surface area contributed by atoms with Crippen LogP contribution in [0.4, 0.5) is 10.1 Å². The van der Waals surface area contributed by atoms with Crippen LogP contribution in [0.2, 0.25) is 0 Å². The van der Waals surface area contributed by atoms with E-state index in [1.807, 2.05) is 6.07 Å². The lowest BCUT2D eigenvalue weighted by Crippen LogP contribution is -2.01. The molecular formula is C12H15FN2. The van der Waals surface area contributed by atoms with Gasteiger partial charge in [-0.1, -0.05) is 6.07 Å². The zero-order valence-corrected chi connectivity index (χ0v) is 8.89. The molecule has 0 aromatic heterocycles. The van der Waals surface area contributed by atoms with Crippen LogP contribution in [0.25, 0.3) is 0 Å². The first-order valence-electron chi connectivity index (χ1n) is 5.11. The Morgan fingerprint density at radius 3 is 2.87 bits per heavy atom. The lowest BCUT2D eigenvalue weighted by Gasteiger charge is -2.06. The number of hydrogen-bond acceptors (Lipinski definition) is 2. The van der Waals surface area contributed by atoms with Gasteiger partial charge in [-0.25, -0.2) is 4.39 Å². The number of nitriles is 1. The molecule has 15 heavy (non-hydrogen) atoms. The van der Waals surface area contributed by atoms with Gasteiger partial charge in [0.2, 0.25) is 0 Å². The fourth-order valence-corrected chi connectivity index (χ4v) is 1.26. The first kappa shape index (κ1) is 11.5. The molecule has 0 fully saturated rings. The van der Waals surface area contributed by atoms with Crippen LogP contribution in [-0.4, -0.2) is 6.54 Å². The highest BCUT2D eigenvalue weighted by molar-refractivity contribution is 5.44. The molecule has 0 aliphatic rings. The van der Waals surface area contributed by atoms with Crippen LogP contribution in [0.3, 0.4) is 0 Å². The first-order valence-corrected chi connectivity index (χ1v) is 5.11. The monoisotopic (exact) mass is 206 g/mol. The quantitative estimate of drug-likeness (QED) is 0.751. The van der Waals surface area contributed by atoms with Gasteiger partial charge >= 0.3 is 0 Å². The fourth-order valence-electron chi connectivity index (χ4n) is 1.26. The Bertz CT molecular complexity index is 355. The van der Waals surface area contributed by atoms with Crippen molar-refractivity contribution in [1.29, 1.82) is 5.26 Å². The van der Waals surface area contributed by atoms with Gasteiger partial charge in [0, 0.05) is 18.7 Å². The third kappa shape index (κ3) is 3.99. The summed E-state index contributed by atoms with van der Waals surface area (Å²) in [5, 5.41) is 11.5. The summed E-state index contributed by atoms with van der Waals surface area (Å²) in [6, 6.07) is 7.22. The van der Waals surface area contributed by atoms with Crippen LogP contribution in [-0.2, 0) is 0 Å². The second-order valence-corrected chi connectivity index (χ2v) is 3.51. The Balaban J connectivity index is 2.32. The zero-order valence-electron chi connectivity index (χ0n) is 8.89. The predicted octanol–water partition coefficient (Wildman–Crippen LogP) is 3.24. The first-order chi connectivity index (χ1) is 7.24. The molecule has 0 atom stereocenters. The van der Waals surface area contributed by atoms with Crippen molar-refractivity contribution in [2.24, 2.45) is 0 Å². The minimum Gasteiger partial charge on any atom is -0.385 e. The standard InChI is InChI=1S/C12H15FN2/c1-10-5-6-11(9-12(10)13)15-8-4-2-3-7-14/h5-6,9,15H,2-4,8H2,1H3. The van der Waals surface area contributed by atoms with Gasteiger partial charge in [-0.05, 0) is 37.5 Å². The molecule has 0 spiro atoms. The molecular weight excluding hydrogens is 191 g/mol. The SMILES string of the molecule is Cc1ccc(NCCCCC#N)cc1F. The van der Waals surface area contributed by atoms with Gasteiger partial charge in [-0.15, -0.1) is 0 Å². The van der Waals surface area contributed by atoms with Crippen LogP contribution in [0, 0.1) is 24.1 Å². The van der Waals surface area contributed by atoms with E-state index in [9.17, 15) is 4.39 Å². The van der Waals surface area contributed by atoms with Crippen molar-refractivity contribution in [3.63, 3.8) is 0 Å². The molecule has 0 radical (unpaired) electrons. The molecule has 0 amide bonds. The maximum Gasteiger partial charge on any atom is 0.128 e. The smallest absolute Gasteiger partial charge is 0.128 e. The van der Waals surface area contributed by atoms with Gasteiger partial charge in [-0.3, -0.25) is 0 Å². The maximum absolute atomic E-state index is 13.1. The molecule has 3 heteroatoms. The number of nitrogens with zero attached hydrogens (tertiary/aromatic N) is 1. The second-order valence-electron chi connectivity index (χ2n) is 3.51. The van der Waals surface area contributed by atoms with Crippen LogP contribution < -0.4 is 5.32 Å². The normalized spacial score (nSPS) is 9.67. The lowest BCUT2D eigenvalue weighted by atomic mass is 10.2. The number of rotatable bonds is 5. The summed E-state index contributed by atoms with van der Waals surface area (Å²) < 4.78 is 13.1. The predicted molar refractivity (Wildman–Crippen MR) is 59.1 cm³/mol. The molecule has 0 unspecified atom stereocenters. The molecule has 1 aromatic rings. The number of unbranched alkanes of at least 4 members (excludes halogenated alkanes) is 2. The number of aryl methyl sites for hydroxylation is 1. The molecule has 0 bridgehead atoms. The molecule has 1 aromatic carbocycles. The van der Waals surface area contributed by atoms with E-state index in [1.54, 1.807) is 13.0 Å². The molecule has 1 rings (SSSR count). The van der Waals surface area contributed by atoms with Crippen molar-refractivity contribution >= 4 is 5.69 Å². The van der Waals surface area contributed by atoms with Crippen molar-refractivity contribution in [2.75, 3.05) is 11.9 Å². The molecule has 0 aliphatic heterocycles. The van der Waals surface area contributed by atoms with Crippen LogP contribution >= 0.6 is 0 Å². The topological polar surface area (TPSA) is 35.8 Å². The van der Waals surface area contributed by atoms with Crippen molar-refractivity contribution < 1.29 is 4.39 Å². The minimum absolute atomic E-state index is 0.183. The van der Waals surface area contributed by atoms with Gasteiger partial charge in [0.15, 0.2) is 0 Å². The van der Waals surface area contributed by atoms with Crippen LogP contribution in [0.1, 0.15) is 24.8 Å². The minimum atomic E-state index is -0.183. The number of nitrogens with one attached hydrogen (secondary N) is 1. The molecule has 0 aliphatic carbocycles. The average Bonchev–Trinajstić information content (AvgIpc) is 2.23. The van der Waals surface area contributed by atoms with Crippen molar-refractivity contribution in [3.8, 4) is 6.07 Å². The number of benzene rings is 1. The largest absolute Gasteiger partial charge is 0.385 e. The Kier molecular flexibility index (Phi) is 4.62. The highest BCUT2D eigenvalue weighted by Crippen LogP contribution is 2.13. The van der Waals surface area contributed by atoms with E-state index in [1.165, 1.54) is 6.07 Å². The fraction of sp³-hybridized carbons (Fsp3) is 0.417. The van der Waals surface area contributed by atoms with Gasteiger partial charge in [0.1, 0.15) is 5.82 Å². The Labute approximate surface area is 89.7 Å². The molecule has 0 saturated carbocycles. The van der Waals surface area contributed by atoms with E-state index >= 15 is 0 Å². The van der Waals surface area contributed by atoms with Crippen LogP contribution in [0.15, 0.2) is 18.2 Å². The highest BCUT2D eigenvalue weighted by atomic mass is 19.1. The molecule has 2 nitrogen and oxygen atoms in total. The lowest BCUT2D eigenvalue weighted by molar-refractivity contribution is 0.619. The van der Waals surface area contributed by atoms with E-state index in [0.29, 0.717) is 12.0 Å². The van der Waals surface area contributed by atoms with Crippen LogP contribution in [0.5, 0.6) is 0 Å². The van der Waals surface area contributed by atoms with E-state index in [2.05, 4.69) is 11.4 Å². The zero-order chi connectivity index (χ0) is 11.1. The number of halogens is 1. The second kappa shape index (κ2) is 6.02. The number of anilines is 1. The number of hydrogen-bond donors (Lipinski definition) is 1. The van der Waals surface area contributed by atoms with E-state index in [4.69, 9.17) is 5.26 Å². The summed E-state index contributed by atoms with van der Waals surface area (Å²) in [4.78, 5) is 0. The van der Waals surface area contributed by atoms with Gasteiger partial charge in [0.05, 0.1) is 6.07 Å². The van der Waals surface area contributed by atoms with E-state index in [0.717, 1.165) is 25.1 Å². The summed E-state index contributed by atoms with van der Waals surface area (Å²) >= 11 is 0. The van der Waals surface area contributed by atoms with Crippen molar-refractivity contribution in [3.05, 3.63) is 29.6 Å². The molecule has 1 N–H and O–H groups in total. The molecule has 80 valence electrons.